The van der Waals surface area contributed by atoms with Gasteiger partial charge in [0.05, 0.1) is 35.6 Å². The number of fused-ring (bicyclic) bond motifs is 1. The van der Waals surface area contributed by atoms with E-state index in [1.807, 2.05) is 18.2 Å². The molecule has 3 heterocycles. The Morgan fingerprint density at radius 3 is 2.30 bits per heavy atom. The van der Waals surface area contributed by atoms with E-state index in [-0.39, 0.29) is 18.4 Å². The predicted octanol–water partition coefficient (Wildman–Crippen LogP) is 6.20. The first-order chi connectivity index (χ1) is 20.9. The van der Waals surface area contributed by atoms with Gasteiger partial charge in [0, 0.05) is 38.7 Å². The fourth-order valence-corrected chi connectivity index (χ4v) is 6.21. The summed E-state index contributed by atoms with van der Waals surface area (Å²) in [5, 5.41) is 9.57. The number of carbonyl (C=O) groups is 1. The van der Waals surface area contributed by atoms with Crippen LogP contribution in [0, 0.1) is 5.92 Å². The minimum atomic E-state index is -0.735. The number of imidazole rings is 1. The van der Waals surface area contributed by atoms with Gasteiger partial charge in [-0.2, -0.15) is 4.98 Å². The summed E-state index contributed by atoms with van der Waals surface area (Å²) in [6, 6.07) is 19.2. The summed E-state index contributed by atoms with van der Waals surface area (Å²) in [7, 11) is 1.69. The highest BCUT2D eigenvalue weighted by molar-refractivity contribution is 6.33. The van der Waals surface area contributed by atoms with Crippen LogP contribution in [-0.2, 0) is 20.8 Å². The number of carboxylic acids is 1. The van der Waals surface area contributed by atoms with E-state index in [2.05, 4.69) is 51.3 Å². The molecule has 2 aliphatic rings. The van der Waals surface area contributed by atoms with E-state index in [9.17, 15) is 4.79 Å². The van der Waals surface area contributed by atoms with Crippen LogP contribution in [0.3, 0.4) is 0 Å². The summed E-state index contributed by atoms with van der Waals surface area (Å²) >= 11 is 6.65. The molecule has 10 heteroatoms. The number of halogens is 1. The van der Waals surface area contributed by atoms with Gasteiger partial charge in [-0.3, -0.25) is 9.69 Å². The number of aromatic nitrogens is 3. The van der Waals surface area contributed by atoms with Crippen LogP contribution >= 0.6 is 11.6 Å². The molecule has 43 heavy (non-hydrogen) atoms. The van der Waals surface area contributed by atoms with Gasteiger partial charge >= 0.3 is 5.97 Å². The fourth-order valence-electron chi connectivity index (χ4n) is 5.95. The number of likely N-dealkylation sites (tertiary alicyclic amines) is 1. The Labute approximate surface area is 256 Å². The predicted molar refractivity (Wildman–Crippen MR) is 165 cm³/mol. The van der Waals surface area contributed by atoms with Gasteiger partial charge in [-0.05, 0) is 54.4 Å². The molecule has 0 unspecified atom stereocenters. The highest BCUT2D eigenvalue weighted by Gasteiger charge is 2.27. The van der Waals surface area contributed by atoms with Crippen LogP contribution in [0.2, 0.25) is 5.02 Å². The Morgan fingerprint density at radius 2 is 1.63 bits per heavy atom. The van der Waals surface area contributed by atoms with E-state index >= 15 is 0 Å². The molecule has 0 atom stereocenters. The summed E-state index contributed by atoms with van der Waals surface area (Å²) in [6.07, 6.45) is 3.86. The van der Waals surface area contributed by atoms with Crippen molar-refractivity contribution in [2.24, 2.45) is 5.92 Å². The zero-order valence-corrected chi connectivity index (χ0v) is 25.1. The number of hydrogen-bond donors (Lipinski definition) is 2. The highest BCUT2D eigenvalue weighted by Crippen LogP contribution is 2.33. The third kappa shape index (κ3) is 7.36. The maximum Gasteiger partial charge on any atom is 0.303 e. The van der Waals surface area contributed by atoms with Crippen LogP contribution in [0.15, 0.2) is 54.6 Å². The number of nitrogens with zero attached hydrogens (tertiary/aromatic N) is 3. The summed E-state index contributed by atoms with van der Waals surface area (Å²) < 4.78 is 16.9. The number of H-pyrrole nitrogens is 1. The van der Waals surface area contributed by atoms with Crippen molar-refractivity contribution in [2.75, 3.05) is 33.4 Å². The van der Waals surface area contributed by atoms with Gasteiger partial charge in [0.25, 0.3) is 6.01 Å². The third-order valence-corrected chi connectivity index (χ3v) is 8.64. The average molecular weight is 605 g/mol. The molecule has 1 saturated heterocycles. The minimum absolute atomic E-state index is 0.0103. The molecule has 4 aromatic rings. The van der Waals surface area contributed by atoms with E-state index in [0.717, 1.165) is 62.0 Å². The number of ether oxygens (including phenoxy) is 3. The van der Waals surface area contributed by atoms with Gasteiger partial charge in [-0.15, -0.1) is 0 Å². The minimum Gasteiger partial charge on any atom is -0.481 e. The summed E-state index contributed by atoms with van der Waals surface area (Å²) in [5.41, 5.74) is 6.40. The average Bonchev–Trinajstić information content (AvgIpc) is 3.37. The highest BCUT2D eigenvalue weighted by atomic mass is 35.5. The van der Waals surface area contributed by atoms with Crippen molar-refractivity contribution in [1.82, 2.24) is 19.9 Å². The summed E-state index contributed by atoms with van der Waals surface area (Å²) in [5.74, 6) is -0.515. The second kappa shape index (κ2) is 13.4. The van der Waals surface area contributed by atoms with Gasteiger partial charge < -0.3 is 24.3 Å². The normalized spacial score (nSPS) is 19.4. The van der Waals surface area contributed by atoms with Crippen molar-refractivity contribution in [2.45, 2.75) is 50.9 Å². The number of hydrogen-bond acceptors (Lipinski definition) is 7. The molecule has 1 aliphatic heterocycles. The lowest BCUT2D eigenvalue weighted by Gasteiger charge is -2.38. The molecule has 6 rings (SSSR count). The molecular weight excluding hydrogens is 568 g/mol. The molecule has 9 nitrogen and oxygen atoms in total. The van der Waals surface area contributed by atoms with E-state index < -0.39 is 5.97 Å². The van der Waals surface area contributed by atoms with Crippen molar-refractivity contribution in [1.29, 1.82) is 0 Å². The first kappa shape index (κ1) is 29.6. The van der Waals surface area contributed by atoms with Crippen molar-refractivity contribution in [3.63, 3.8) is 0 Å². The Morgan fingerprint density at radius 1 is 0.953 bits per heavy atom. The number of aromatic amines is 1. The molecule has 226 valence electrons. The smallest absolute Gasteiger partial charge is 0.303 e. The Hall–Kier alpha value is -3.50. The largest absolute Gasteiger partial charge is 0.481 e. The molecule has 0 bridgehead atoms. The van der Waals surface area contributed by atoms with E-state index in [4.69, 9.17) is 35.9 Å². The maximum atomic E-state index is 11.0. The first-order valence-corrected chi connectivity index (χ1v) is 15.3. The van der Waals surface area contributed by atoms with Crippen molar-refractivity contribution in [3.8, 4) is 28.4 Å². The Balaban J connectivity index is 1.06. The van der Waals surface area contributed by atoms with Crippen molar-refractivity contribution in [3.05, 3.63) is 65.2 Å². The van der Waals surface area contributed by atoms with E-state index in [0.29, 0.717) is 47.2 Å². The quantitative estimate of drug-likeness (QED) is 0.184. The van der Waals surface area contributed by atoms with Gasteiger partial charge in [0.15, 0.2) is 5.65 Å². The van der Waals surface area contributed by atoms with Gasteiger partial charge in [-0.1, -0.05) is 60.1 Å². The van der Waals surface area contributed by atoms with Crippen LogP contribution in [0.4, 0.5) is 0 Å². The van der Waals surface area contributed by atoms with Crippen LogP contribution in [-0.4, -0.2) is 76.5 Å². The van der Waals surface area contributed by atoms with Crippen molar-refractivity contribution >= 4 is 28.7 Å². The summed E-state index contributed by atoms with van der Waals surface area (Å²) in [4.78, 5) is 25.9. The Bertz CT molecular complexity index is 1530. The van der Waals surface area contributed by atoms with E-state index in [1.165, 1.54) is 5.56 Å². The lowest BCUT2D eigenvalue weighted by atomic mass is 9.85. The lowest BCUT2D eigenvalue weighted by molar-refractivity contribution is -0.138. The zero-order valence-electron chi connectivity index (χ0n) is 24.3. The molecule has 2 fully saturated rings. The van der Waals surface area contributed by atoms with Crippen LogP contribution in [0.25, 0.3) is 33.5 Å². The molecule has 0 radical (unpaired) electrons. The molecule has 2 aromatic carbocycles. The molecule has 0 spiro atoms. The number of pyridine rings is 1. The van der Waals surface area contributed by atoms with Gasteiger partial charge in [0.1, 0.15) is 6.10 Å². The van der Waals surface area contributed by atoms with Crippen molar-refractivity contribution < 1.29 is 24.1 Å². The topological polar surface area (TPSA) is 110 Å². The summed E-state index contributed by atoms with van der Waals surface area (Å²) in [6.45, 7) is 4.13. The Kier molecular flexibility index (Phi) is 9.23. The lowest BCUT2D eigenvalue weighted by Crippen LogP contribution is -2.51. The monoisotopic (exact) mass is 604 g/mol. The first-order valence-electron chi connectivity index (χ1n) is 14.9. The molecule has 1 aliphatic carbocycles. The second-order valence-corrected chi connectivity index (χ2v) is 12.0. The maximum absolute atomic E-state index is 11.0. The number of nitrogens with one attached hydrogen (secondary N) is 1. The fraction of sp³-hybridized carbons (Fsp3) is 0.424. The standard InChI is InChI=1S/C33H37ClN4O5/c1-41-14-15-42-27-19-38(20-27)18-22-2-6-23(7-3-22)24-8-10-25(11-9-24)31-28(34)17-29-32(36-31)37-33(35-29)43-26-12-4-21(5-13-26)16-30(39)40/h2-3,6-11,17,21,26-27H,4-5,12-16,18-20H2,1H3,(H,39,40)(H,35,36,37). The van der Waals surface area contributed by atoms with Crippen LogP contribution in [0.1, 0.15) is 37.7 Å². The number of rotatable bonds is 12. The number of aliphatic carboxylic acids is 1. The SMILES string of the molecule is COCCOC1CN(Cc2ccc(-c3ccc(-c4nc5nc(OC6CCC(CC(=O)O)CC6)[nH]c5cc4Cl)cc3)cc2)C1. The molecular formula is C33H37ClN4O5. The number of methoxy groups -OCH3 is 1. The molecule has 2 N–H and O–H groups in total. The van der Waals surface area contributed by atoms with Gasteiger partial charge in [-0.25, -0.2) is 4.98 Å². The number of benzene rings is 2. The number of carboxylic acid groups (broad SMARTS) is 1. The van der Waals surface area contributed by atoms with Crippen LogP contribution < -0.4 is 4.74 Å². The van der Waals surface area contributed by atoms with E-state index in [1.54, 1.807) is 7.11 Å². The third-order valence-electron chi connectivity index (χ3n) is 8.36. The molecule has 0 amide bonds. The van der Waals surface area contributed by atoms with Gasteiger partial charge in [0.2, 0.25) is 0 Å². The second-order valence-electron chi connectivity index (χ2n) is 11.5. The van der Waals surface area contributed by atoms with Crippen LogP contribution in [0.5, 0.6) is 6.01 Å². The zero-order chi connectivity index (χ0) is 29.8. The molecule has 1 saturated carbocycles. The molecule has 2 aromatic heterocycles.